The van der Waals surface area contributed by atoms with Crippen LogP contribution >= 0.6 is 11.6 Å². The van der Waals surface area contributed by atoms with Crippen LogP contribution in [0.5, 0.6) is 0 Å². The van der Waals surface area contributed by atoms with Crippen molar-refractivity contribution >= 4 is 78.0 Å². The van der Waals surface area contributed by atoms with Crippen LogP contribution in [0.25, 0.3) is 76.8 Å². The summed E-state index contributed by atoms with van der Waals surface area (Å²) in [7, 11) is 0. The molecule has 13 aromatic rings. The number of rotatable bonds is 8. The summed E-state index contributed by atoms with van der Waals surface area (Å²) in [6.07, 6.45) is 0. The third-order valence-corrected chi connectivity index (χ3v) is 16.4. The fourth-order valence-electron chi connectivity index (χ4n) is 13.0. The maximum absolute atomic E-state index is 7.53. The Morgan fingerprint density at radius 1 is 0.289 bits per heavy atom. The first-order valence-electron chi connectivity index (χ1n) is 26.1. The van der Waals surface area contributed by atoms with Gasteiger partial charge in [0, 0.05) is 44.6 Å². The minimum Gasteiger partial charge on any atom is -0.310 e. The van der Waals surface area contributed by atoms with Crippen molar-refractivity contribution in [2.24, 2.45) is 0 Å². The van der Waals surface area contributed by atoms with E-state index in [2.05, 4.69) is 289 Å². The number of hydrogen-bond acceptors (Lipinski definition) is 2. The van der Waals surface area contributed by atoms with E-state index in [1.165, 1.54) is 77.2 Å². The van der Waals surface area contributed by atoms with Gasteiger partial charge in [0.2, 0.25) is 0 Å². The van der Waals surface area contributed by atoms with Gasteiger partial charge in [0.15, 0.2) is 0 Å². The fraction of sp³-hybridized carbons (Fsp3) is 0.0137. The van der Waals surface area contributed by atoms with Crippen LogP contribution < -0.4 is 9.80 Å². The maximum Gasteiger partial charge on any atom is 0.0746 e. The molecule has 3 heteroatoms. The molecule has 0 unspecified atom stereocenters. The second kappa shape index (κ2) is 17.6. The number of nitrogens with zero attached hydrogens (tertiary/aromatic N) is 2. The summed E-state index contributed by atoms with van der Waals surface area (Å²) in [5.41, 5.74) is 20.3. The number of halogens is 1. The number of fused-ring (bicyclic) bond motifs is 13. The summed E-state index contributed by atoms with van der Waals surface area (Å²) in [4.78, 5) is 4.93. The molecular weight excluding hydrogens is 940 g/mol. The molecule has 0 heterocycles. The first-order valence-corrected chi connectivity index (χ1v) is 26.5. The minimum absolute atomic E-state index is 0.597. The van der Waals surface area contributed by atoms with Gasteiger partial charge in [-0.15, -0.1) is 0 Å². The van der Waals surface area contributed by atoms with Crippen molar-refractivity contribution in [1.29, 1.82) is 0 Å². The lowest BCUT2D eigenvalue weighted by Crippen LogP contribution is -2.28. The molecule has 0 N–H and O–H groups in total. The van der Waals surface area contributed by atoms with Crippen LogP contribution in [0.3, 0.4) is 0 Å². The SMILES string of the molecule is Clc1cc(N(c2cccc(N(c3ccccc3)c3c4ccccc4c(-c4ccc5ccccc5c4)c4ccccc34)c2)c2cccc3c2C2(c4ccccc4-c4ccccc42)c2ccccc2-3)ccc1-c1ccccc1. The summed E-state index contributed by atoms with van der Waals surface area (Å²) >= 11 is 7.53. The van der Waals surface area contributed by atoms with Crippen LogP contribution in [0.1, 0.15) is 22.3 Å². The molecule has 0 radical (unpaired) electrons. The highest BCUT2D eigenvalue weighted by molar-refractivity contribution is 6.33. The molecule has 0 aliphatic heterocycles. The molecular formula is C73H47ClN2. The van der Waals surface area contributed by atoms with Crippen LogP contribution in [0.4, 0.5) is 34.1 Å². The van der Waals surface area contributed by atoms with Crippen molar-refractivity contribution in [3.8, 4) is 44.5 Å². The monoisotopic (exact) mass is 986 g/mol. The molecule has 0 atom stereocenters. The van der Waals surface area contributed by atoms with Gasteiger partial charge in [0.25, 0.3) is 0 Å². The number of anilines is 6. The normalized spacial score (nSPS) is 12.6. The Morgan fingerprint density at radius 2 is 0.776 bits per heavy atom. The van der Waals surface area contributed by atoms with Gasteiger partial charge in [-0.2, -0.15) is 0 Å². The summed E-state index contributed by atoms with van der Waals surface area (Å²) in [5, 5.41) is 7.85. The van der Waals surface area contributed by atoms with Crippen molar-refractivity contribution < 1.29 is 0 Å². The Labute approximate surface area is 447 Å². The quantitative estimate of drug-likeness (QED) is 0.140. The van der Waals surface area contributed by atoms with E-state index in [0.29, 0.717) is 5.02 Å². The molecule has 76 heavy (non-hydrogen) atoms. The summed E-state index contributed by atoms with van der Waals surface area (Å²) in [6.45, 7) is 0. The Hall–Kier alpha value is -9.47. The Kier molecular flexibility index (Phi) is 10.2. The minimum atomic E-state index is -0.597. The molecule has 0 bridgehead atoms. The zero-order valence-electron chi connectivity index (χ0n) is 41.4. The number of benzene rings is 13. The highest BCUT2D eigenvalue weighted by Crippen LogP contribution is 2.65. The summed E-state index contributed by atoms with van der Waals surface area (Å²) in [5.74, 6) is 0. The zero-order valence-corrected chi connectivity index (χ0v) is 42.2. The molecule has 0 saturated heterocycles. The van der Waals surface area contributed by atoms with Crippen LogP contribution in [0, 0.1) is 0 Å². The average molecular weight is 988 g/mol. The first-order chi connectivity index (χ1) is 37.6. The van der Waals surface area contributed by atoms with Gasteiger partial charge in [-0.1, -0.05) is 242 Å². The number of hydrogen-bond donors (Lipinski definition) is 0. The molecule has 13 aromatic carbocycles. The van der Waals surface area contributed by atoms with E-state index in [1.54, 1.807) is 0 Å². The fourth-order valence-corrected chi connectivity index (χ4v) is 13.3. The Balaban J connectivity index is 0.999. The van der Waals surface area contributed by atoms with Gasteiger partial charge in [0.1, 0.15) is 0 Å². The first kappa shape index (κ1) is 44.1. The molecule has 15 rings (SSSR count). The topological polar surface area (TPSA) is 6.48 Å². The second-order valence-electron chi connectivity index (χ2n) is 20.0. The van der Waals surface area contributed by atoms with E-state index in [1.807, 2.05) is 6.07 Å². The molecule has 356 valence electrons. The van der Waals surface area contributed by atoms with E-state index in [-0.39, 0.29) is 0 Å². The molecule has 0 saturated carbocycles. The standard InChI is InChI=1S/C73H47ClN2/c74-68-47-55(43-44-56(68)49-22-3-1-4-23-49)75(69-40-20-36-62-59-31-15-18-39-67(59)73(71(62)69)65-37-16-13-29-57(65)58-30-14-17-38-66(58)73)53-27-19-28-54(46-53)76(52-25-5-2-6-26-52)72-63-34-11-9-32-60(63)70(61-33-10-12-35-64(61)72)51-42-41-48-21-7-8-24-50(48)45-51/h1-47H. The van der Waals surface area contributed by atoms with Gasteiger partial charge < -0.3 is 9.80 Å². The number of para-hydroxylation sites is 1. The van der Waals surface area contributed by atoms with Crippen LogP contribution in [0.15, 0.2) is 285 Å². The molecule has 0 amide bonds. The van der Waals surface area contributed by atoms with Crippen LogP contribution in [-0.2, 0) is 5.41 Å². The Bertz CT molecular complexity index is 4330. The maximum atomic E-state index is 7.53. The van der Waals surface area contributed by atoms with Gasteiger partial charge >= 0.3 is 0 Å². The largest absolute Gasteiger partial charge is 0.310 e. The van der Waals surface area contributed by atoms with E-state index >= 15 is 0 Å². The van der Waals surface area contributed by atoms with Crippen molar-refractivity contribution in [2.45, 2.75) is 5.41 Å². The third kappa shape index (κ3) is 6.61. The van der Waals surface area contributed by atoms with Crippen molar-refractivity contribution in [2.75, 3.05) is 9.80 Å². The molecule has 2 aliphatic carbocycles. The smallest absolute Gasteiger partial charge is 0.0746 e. The van der Waals surface area contributed by atoms with Crippen molar-refractivity contribution in [3.05, 3.63) is 312 Å². The summed E-state index contributed by atoms with van der Waals surface area (Å²) in [6, 6.07) is 104. The van der Waals surface area contributed by atoms with Crippen LogP contribution in [0.2, 0.25) is 5.02 Å². The van der Waals surface area contributed by atoms with Gasteiger partial charge in [-0.3, -0.25) is 0 Å². The van der Waals surface area contributed by atoms with Gasteiger partial charge in [-0.25, -0.2) is 0 Å². The molecule has 0 aromatic heterocycles. The molecule has 2 nitrogen and oxygen atoms in total. The van der Waals surface area contributed by atoms with Crippen molar-refractivity contribution in [3.63, 3.8) is 0 Å². The van der Waals surface area contributed by atoms with Gasteiger partial charge in [-0.05, 0) is 132 Å². The van der Waals surface area contributed by atoms with E-state index in [4.69, 9.17) is 11.6 Å². The molecule has 2 aliphatic rings. The Morgan fingerprint density at radius 3 is 1.42 bits per heavy atom. The predicted molar refractivity (Wildman–Crippen MR) is 321 cm³/mol. The highest BCUT2D eigenvalue weighted by Gasteiger charge is 2.53. The lowest BCUT2D eigenvalue weighted by atomic mass is 9.70. The highest BCUT2D eigenvalue weighted by atomic mass is 35.5. The lowest BCUT2D eigenvalue weighted by Gasteiger charge is -2.36. The van der Waals surface area contributed by atoms with E-state index in [0.717, 1.165) is 56.0 Å². The van der Waals surface area contributed by atoms with Gasteiger partial charge in [0.05, 0.1) is 21.8 Å². The molecule has 0 fully saturated rings. The predicted octanol–water partition coefficient (Wildman–Crippen LogP) is 20.4. The molecule has 1 spiro atoms. The lowest BCUT2D eigenvalue weighted by molar-refractivity contribution is 0.793. The summed E-state index contributed by atoms with van der Waals surface area (Å²) < 4.78 is 0. The van der Waals surface area contributed by atoms with Crippen LogP contribution in [-0.4, -0.2) is 0 Å². The third-order valence-electron chi connectivity index (χ3n) is 16.1. The van der Waals surface area contributed by atoms with E-state index in [9.17, 15) is 0 Å². The zero-order chi connectivity index (χ0) is 50.3. The van der Waals surface area contributed by atoms with E-state index < -0.39 is 5.41 Å². The average Bonchev–Trinajstić information content (AvgIpc) is 4.07. The second-order valence-corrected chi connectivity index (χ2v) is 20.4. The van der Waals surface area contributed by atoms with Crippen molar-refractivity contribution in [1.82, 2.24) is 0 Å².